The van der Waals surface area contributed by atoms with Gasteiger partial charge in [0.2, 0.25) is 0 Å². The molecule has 1 fully saturated rings. The Labute approximate surface area is 110 Å². The van der Waals surface area contributed by atoms with Crippen LogP contribution < -0.4 is 5.32 Å². The van der Waals surface area contributed by atoms with Gasteiger partial charge in [0.1, 0.15) is 0 Å². The van der Waals surface area contributed by atoms with Crippen molar-refractivity contribution in [3.63, 3.8) is 0 Å². The number of aliphatic hydroxyl groups is 1. The van der Waals surface area contributed by atoms with Gasteiger partial charge in [-0.25, -0.2) is 4.79 Å². The molecule has 106 valence electrons. The molecule has 0 saturated carbocycles. The smallest absolute Gasteiger partial charge is 0.319 e. The zero-order valence-corrected chi connectivity index (χ0v) is 12.1. The SMILES string of the molecule is CN(C)C(=O)N1CCC(NCC(C)(C)CO)CC1. The Bertz CT molecular complexity index is 271. The van der Waals surface area contributed by atoms with Gasteiger partial charge in [0.05, 0.1) is 0 Å². The second-order valence-electron chi connectivity index (χ2n) is 6.14. The van der Waals surface area contributed by atoms with E-state index < -0.39 is 0 Å². The lowest BCUT2D eigenvalue weighted by Gasteiger charge is -2.35. The molecule has 1 aliphatic heterocycles. The average Bonchev–Trinajstić information content (AvgIpc) is 2.36. The van der Waals surface area contributed by atoms with Gasteiger partial charge in [-0.1, -0.05) is 13.8 Å². The highest BCUT2D eigenvalue weighted by molar-refractivity contribution is 5.73. The predicted octanol–water partition coefficient (Wildman–Crippen LogP) is 0.740. The number of carbonyl (C=O) groups excluding carboxylic acids is 1. The largest absolute Gasteiger partial charge is 0.396 e. The topological polar surface area (TPSA) is 55.8 Å². The van der Waals surface area contributed by atoms with Crippen LogP contribution in [0.15, 0.2) is 0 Å². The van der Waals surface area contributed by atoms with E-state index in [1.165, 1.54) is 0 Å². The predicted molar refractivity (Wildman–Crippen MR) is 72.5 cm³/mol. The van der Waals surface area contributed by atoms with Crippen LogP contribution in [0.5, 0.6) is 0 Å². The molecule has 0 aromatic heterocycles. The van der Waals surface area contributed by atoms with Gasteiger partial charge in [-0.15, -0.1) is 0 Å². The van der Waals surface area contributed by atoms with E-state index in [0.717, 1.165) is 32.5 Å². The number of hydrogen-bond acceptors (Lipinski definition) is 3. The van der Waals surface area contributed by atoms with Crippen LogP contribution in [0.1, 0.15) is 26.7 Å². The first-order valence-corrected chi connectivity index (χ1v) is 6.66. The monoisotopic (exact) mass is 257 g/mol. The van der Waals surface area contributed by atoms with Crippen molar-refractivity contribution in [1.82, 2.24) is 15.1 Å². The Morgan fingerprint density at radius 1 is 1.39 bits per heavy atom. The van der Waals surface area contributed by atoms with Crippen LogP contribution in [0.3, 0.4) is 0 Å². The summed E-state index contributed by atoms with van der Waals surface area (Å²) in [4.78, 5) is 15.3. The summed E-state index contributed by atoms with van der Waals surface area (Å²) in [6, 6.07) is 0.561. The van der Waals surface area contributed by atoms with Crippen LogP contribution in [-0.2, 0) is 0 Å². The normalized spacial score (nSPS) is 17.9. The molecular formula is C13H27N3O2. The van der Waals surface area contributed by atoms with Crippen LogP contribution in [0.25, 0.3) is 0 Å². The minimum atomic E-state index is -0.0728. The molecule has 0 unspecified atom stereocenters. The fraction of sp³-hybridized carbons (Fsp3) is 0.923. The van der Waals surface area contributed by atoms with Gasteiger partial charge in [0.15, 0.2) is 0 Å². The first kappa shape index (κ1) is 15.2. The highest BCUT2D eigenvalue weighted by Crippen LogP contribution is 2.15. The number of aliphatic hydroxyl groups excluding tert-OH is 1. The number of urea groups is 1. The molecule has 0 aromatic carbocycles. The first-order chi connectivity index (χ1) is 8.35. The third kappa shape index (κ3) is 4.46. The van der Waals surface area contributed by atoms with Crippen LogP contribution in [0, 0.1) is 5.41 Å². The molecule has 2 N–H and O–H groups in total. The number of amides is 2. The molecule has 18 heavy (non-hydrogen) atoms. The zero-order chi connectivity index (χ0) is 13.8. The number of likely N-dealkylation sites (tertiary alicyclic amines) is 1. The van der Waals surface area contributed by atoms with E-state index in [1.54, 1.807) is 19.0 Å². The lowest BCUT2D eigenvalue weighted by molar-refractivity contribution is 0.135. The Morgan fingerprint density at radius 2 is 1.94 bits per heavy atom. The molecular weight excluding hydrogens is 230 g/mol. The molecule has 0 aliphatic carbocycles. The minimum Gasteiger partial charge on any atom is -0.396 e. The molecule has 1 aliphatic rings. The van der Waals surface area contributed by atoms with E-state index in [9.17, 15) is 9.90 Å². The summed E-state index contributed by atoms with van der Waals surface area (Å²) in [7, 11) is 3.58. The molecule has 1 heterocycles. The number of hydrogen-bond donors (Lipinski definition) is 2. The molecule has 1 rings (SSSR count). The summed E-state index contributed by atoms with van der Waals surface area (Å²) in [6.07, 6.45) is 1.97. The van der Waals surface area contributed by atoms with Gasteiger partial charge in [-0.3, -0.25) is 0 Å². The first-order valence-electron chi connectivity index (χ1n) is 6.66. The molecule has 0 bridgehead atoms. The van der Waals surface area contributed by atoms with Crippen molar-refractivity contribution in [2.45, 2.75) is 32.7 Å². The lowest BCUT2D eigenvalue weighted by Crippen LogP contribution is -2.49. The third-order valence-electron chi connectivity index (χ3n) is 3.45. The number of nitrogens with zero attached hydrogens (tertiary/aromatic N) is 2. The van der Waals surface area contributed by atoms with Crippen molar-refractivity contribution in [3.8, 4) is 0 Å². The minimum absolute atomic E-state index is 0.0728. The van der Waals surface area contributed by atoms with E-state index in [4.69, 9.17) is 0 Å². The zero-order valence-electron chi connectivity index (χ0n) is 12.1. The highest BCUT2D eigenvalue weighted by Gasteiger charge is 2.25. The summed E-state index contributed by atoms with van der Waals surface area (Å²) in [5, 5.41) is 12.7. The molecule has 5 heteroatoms. The maximum absolute atomic E-state index is 11.8. The van der Waals surface area contributed by atoms with Crippen LogP contribution in [0.2, 0.25) is 0 Å². The van der Waals surface area contributed by atoms with Gasteiger partial charge in [0, 0.05) is 51.8 Å². The van der Waals surface area contributed by atoms with Gasteiger partial charge in [0.25, 0.3) is 0 Å². The quantitative estimate of drug-likeness (QED) is 0.781. The van der Waals surface area contributed by atoms with Gasteiger partial charge in [-0.05, 0) is 12.8 Å². The van der Waals surface area contributed by atoms with Crippen molar-refractivity contribution >= 4 is 6.03 Å². The van der Waals surface area contributed by atoms with E-state index in [-0.39, 0.29) is 18.1 Å². The van der Waals surface area contributed by atoms with Crippen LogP contribution >= 0.6 is 0 Å². The van der Waals surface area contributed by atoms with Crippen LogP contribution in [0.4, 0.5) is 4.79 Å². The Balaban J connectivity index is 2.30. The molecule has 0 radical (unpaired) electrons. The maximum Gasteiger partial charge on any atom is 0.319 e. The number of piperidine rings is 1. The van der Waals surface area contributed by atoms with Gasteiger partial charge in [-0.2, -0.15) is 0 Å². The second-order valence-corrected chi connectivity index (χ2v) is 6.14. The summed E-state index contributed by atoms with van der Waals surface area (Å²) in [6.45, 7) is 6.73. The van der Waals surface area contributed by atoms with Crippen molar-refractivity contribution in [3.05, 3.63) is 0 Å². The van der Waals surface area contributed by atoms with Crippen molar-refractivity contribution in [2.24, 2.45) is 5.41 Å². The molecule has 5 nitrogen and oxygen atoms in total. The van der Waals surface area contributed by atoms with Crippen molar-refractivity contribution < 1.29 is 9.90 Å². The molecule has 0 aromatic rings. The highest BCUT2D eigenvalue weighted by atomic mass is 16.3. The second kappa shape index (κ2) is 6.38. The molecule has 2 amide bonds. The number of rotatable bonds is 4. The Kier molecular flexibility index (Phi) is 5.41. The van der Waals surface area contributed by atoms with Crippen molar-refractivity contribution in [1.29, 1.82) is 0 Å². The Hall–Kier alpha value is -0.810. The van der Waals surface area contributed by atoms with E-state index >= 15 is 0 Å². The Morgan fingerprint density at radius 3 is 2.39 bits per heavy atom. The van der Waals surface area contributed by atoms with Crippen molar-refractivity contribution in [2.75, 3.05) is 40.3 Å². The summed E-state index contributed by atoms with van der Waals surface area (Å²) >= 11 is 0. The van der Waals surface area contributed by atoms with Gasteiger partial charge >= 0.3 is 6.03 Å². The standard InChI is InChI=1S/C13H27N3O2/c1-13(2,10-17)9-14-11-5-7-16(8-6-11)12(18)15(3)4/h11,14,17H,5-10H2,1-4H3. The number of nitrogens with one attached hydrogen (secondary N) is 1. The van der Waals surface area contributed by atoms with E-state index in [0.29, 0.717) is 6.04 Å². The van der Waals surface area contributed by atoms with Crippen LogP contribution in [-0.4, -0.2) is 67.3 Å². The lowest BCUT2D eigenvalue weighted by atomic mass is 9.93. The third-order valence-corrected chi connectivity index (χ3v) is 3.45. The summed E-state index contributed by atoms with van der Waals surface area (Å²) in [5.74, 6) is 0. The maximum atomic E-state index is 11.8. The molecule has 0 atom stereocenters. The fourth-order valence-electron chi connectivity index (χ4n) is 2.03. The molecule has 0 spiro atoms. The average molecular weight is 257 g/mol. The van der Waals surface area contributed by atoms with Gasteiger partial charge < -0.3 is 20.2 Å². The van der Waals surface area contributed by atoms with E-state index in [1.807, 2.05) is 18.7 Å². The summed E-state index contributed by atoms with van der Waals surface area (Å²) in [5.41, 5.74) is -0.0728. The molecule has 1 saturated heterocycles. The fourth-order valence-corrected chi connectivity index (χ4v) is 2.03. The van der Waals surface area contributed by atoms with E-state index in [2.05, 4.69) is 5.32 Å². The number of carbonyl (C=O) groups is 1. The summed E-state index contributed by atoms with van der Waals surface area (Å²) < 4.78 is 0.